The van der Waals surface area contributed by atoms with Crippen molar-refractivity contribution >= 4 is 34.6 Å². The first-order valence-corrected chi connectivity index (χ1v) is 29.5. The highest BCUT2D eigenvalue weighted by molar-refractivity contribution is 6.74. The molecule has 17 nitrogen and oxygen atoms in total. The van der Waals surface area contributed by atoms with Crippen molar-refractivity contribution in [2.45, 2.75) is 147 Å². The number of alkyl carbamates (subject to hydrolysis) is 1. The molecule has 5 rings (SSSR count). The van der Waals surface area contributed by atoms with E-state index in [2.05, 4.69) is 57.5 Å². The lowest BCUT2D eigenvalue weighted by molar-refractivity contribution is -0.149. The molecule has 1 fully saturated rings. The topological polar surface area (TPSA) is 218 Å². The van der Waals surface area contributed by atoms with Crippen molar-refractivity contribution in [2.24, 2.45) is 0 Å². The lowest BCUT2D eigenvalue weighted by Crippen LogP contribution is -2.59. The highest BCUT2D eigenvalue weighted by Crippen LogP contribution is 2.46. The minimum Gasteiger partial charge on any atom is -0.497 e. The van der Waals surface area contributed by atoms with Gasteiger partial charge in [0.25, 0.3) is 5.56 Å². The molecular formula is C51H73N5O12Si2. The number of methoxy groups -OCH3 is 1. The molecule has 0 spiro atoms. The second-order valence-electron chi connectivity index (χ2n) is 20.8. The zero-order chi connectivity index (χ0) is 51.6. The molecule has 2 heterocycles. The minimum absolute atomic E-state index is 0.0209. The first kappa shape index (κ1) is 55.5. The van der Waals surface area contributed by atoms with Gasteiger partial charge < -0.3 is 49.2 Å². The van der Waals surface area contributed by atoms with Crippen LogP contribution in [0.4, 0.5) is 4.79 Å². The molecule has 19 heteroatoms. The van der Waals surface area contributed by atoms with Crippen molar-refractivity contribution < 1.29 is 47.7 Å². The Morgan fingerprint density at radius 1 is 0.771 bits per heavy atom. The van der Waals surface area contributed by atoms with Crippen LogP contribution in [0.5, 0.6) is 5.75 Å². The van der Waals surface area contributed by atoms with Crippen LogP contribution in [0, 0.1) is 0 Å². The Morgan fingerprint density at radius 3 is 1.90 bits per heavy atom. The number of carboxylic acid groups (broad SMARTS) is 1. The summed E-state index contributed by atoms with van der Waals surface area (Å²) in [5.41, 5.74) is 1.03. The second-order valence-corrected chi connectivity index (χ2v) is 30.3. The predicted molar refractivity (Wildman–Crippen MR) is 272 cm³/mol. The number of carbonyl (C=O) groups excluding carboxylic acids is 2. The van der Waals surface area contributed by atoms with E-state index < -0.39 is 88.6 Å². The number of nitrogens with one attached hydrogen (secondary N) is 3. The van der Waals surface area contributed by atoms with Gasteiger partial charge in [-0.15, -0.1) is 0 Å². The smallest absolute Gasteiger partial charge is 0.408 e. The molecule has 70 heavy (non-hydrogen) atoms. The predicted octanol–water partition coefficient (Wildman–Crippen LogP) is 6.19. The number of nitrogens with zero attached hydrogens (tertiary/aromatic N) is 2. The Labute approximate surface area is 413 Å². The van der Waals surface area contributed by atoms with E-state index in [0.29, 0.717) is 11.3 Å². The Balaban J connectivity index is 1.39. The van der Waals surface area contributed by atoms with Crippen LogP contribution in [0.3, 0.4) is 0 Å². The molecule has 5 N–H and O–H groups in total. The summed E-state index contributed by atoms with van der Waals surface area (Å²) in [6, 6.07) is 24.0. The molecule has 4 aromatic rings. The quantitative estimate of drug-likeness (QED) is 0.0439. The fourth-order valence-corrected chi connectivity index (χ4v) is 10.0. The summed E-state index contributed by atoms with van der Waals surface area (Å²) in [4.78, 5) is 67.4. The second kappa shape index (κ2) is 23.7. The van der Waals surface area contributed by atoms with Gasteiger partial charge in [-0.05, 0) is 78.1 Å². The van der Waals surface area contributed by atoms with Crippen molar-refractivity contribution in [3.63, 3.8) is 0 Å². The van der Waals surface area contributed by atoms with E-state index >= 15 is 0 Å². The average Bonchev–Trinajstić information content (AvgIpc) is 3.63. The highest BCUT2D eigenvalue weighted by atomic mass is 28.4. The SMILES string of the molecule is COc1ccc(Cn2c(=O)ccn([C@@H]3OC(C(O)[C@H](NCCCNC(=O)[C@H](Cc4ccccc4)NC(=O)OCc4ccccc4)C(=O)O)C(O[Si](C)(C)C(C)(C)C)C3O[Si](C)(C)C(C)(C)C)c2=O)cc1. The fraction of sp³-hybridized carbons (Fsp3) is 0.510. The molecular weight excluding hydrogens is 931 g/mol. The van der Waals surface area contributed by atoms with Crippen LogP contribution in [-0.4, -0.2) is 111 Å². The van der Waals surface area contributed by atoms with E-state index in [9.17, 15) is 34.2 Å². The van der Waals surface area contributed by atoms with Gasteiger partial charge in [-0.2, -0.15) is 0 Å². The van der Waals surface area contributed by atoms with Gasteiger partial charge in [-0.25, -0.2) is 9.59 Å². The van der Waals surface area contributed by atoms with Crippen LogP contribution in [0.1, 0.15) is 70.9 Å². The molecule has 0 aliphatic carbocycles. The van der Waals surface area contributed by atoms with Crippen LogP contribution < -0.4 is 31.9 Å². The molecule has 1 aliphatic rings. The van der Waals surface area contributed by atoms with Gasteiger partial charge in [0.15, 0.2) is 22.9 Å². The number of hydrogen-bond donors (Lipinski definition) is 5. The zero-order valence-electron chi connectivity index (χ0n) is 42.4. The normalized spacial score (nSPS) is 18.9. The number of carbonyl (C=O) groups is 3. The Kier molecular flexibility index (Phi) is 18.8. The molecule has 2 amide bonds. The van der Waals surface area contributed by atoms with E-state index in [0.717, 1.165) is 15.7 Å². The van der Waals surface area contributed by atoms with Crippen molar-refractivity contribution in [3.05, 3.63) is 135 Å². The van der Waals surface area contributed by atoms with E-state index in [1.54, 1.807) is 31.4 Å². The summed E-state index contributed by atoms with van der Waals surface area (Å²) in [6.45, 7) is 20.6. The molecule has 0 saturated carbocycles. The number of hydrogen-bond acceptors (Lipinski definition) is 12. The minimum atomic E-state index is -2.77. The van der Waals surface area contributed by atoms with Gasteiger partial charge >= 0.3 is 17.8 Å². The molecule has 1 aromatic heterocycles. The number of rotatable bonds is 22. The van der Waals surface area contributed by atoms with Gasteiger partial charge in [-0.1, -0.05) is 114 Å². The van der Waals surface area contributed by atoms with Gasteiger partial charge in [0.1, 0.15) is 48.9 Å². The number of aliphatic hydroxyl groups excluding tert-OH is 1. The number of aromatic nitrogens is 2. The van der Waals surface area contributed by atoms with Crippen molar-refractivity contribution in [1.29, 1.82) is 0 Å². The third-order valence-electron chi connectivity index (χ3n) is 13.6. The molecule has 382 valence electrons. The molecule has 7 atom stereocenters. The lowest BCUT2D eigenvalue weighted by Gasteiger charge is -2.44. The first-order chi connectivity index (χ1) is 32.8. The van der Waals surface area contributed by atoms with E-state index in [4.69, 9.17) is 23.1 Å². The molecule has 0 radical (unpaired) electrons. The van der Waals surface area contributed by atoms with Gasteiger partial charge in [-0.3, -0.25) is 23.5 Å². The summed E-state index contributed by atoms with van der Waals surface area (Å²) in [5, 5.41) is 30.8. The molecule has 3 aromatic carbocycles. The van der Waals surface area contributed by atoms with E-state index in [1.165, 1.54) is 16.8 Å². The van der Waals surface area contributed by atoms with Crippen LogP contribution in [-0.2, 0) is 47.5 Å². The third kappa shape index (κ3) is 14.4. The Morgan fingerprint density at radius 2 is 1.34 bits per heavy atom. The number of ether oxygens (including phenoxy) is 3. The molecule has 1 aliphatic heterocycles. The largest absolute Gasteiger partial charge is 0.497 e. The summed E-state index contributed by atoms with van der Waals surface area (Å²) >= 11 is 0. The molecule has 0 bridgehead atoms. The first-order valence-electron chi connectivity index (χ1n) is 23.7. The lowest BCUT2D eigenvalue weighted by atomic mass is 9.99. The van der Waals surface area contributed by atoms with Crippen LogP contribution in [0.2, 0.25) is 36.3 Å². The Bertz CT molecular complexity index is 2470. The van der Waals surface area contributed by atoms with Crippen molar-refractivity contribution in [3.8, 4) is 5.75 Å². The fourth-order valence-electron chi connectivity index (χ4n) is 7.43. The van der Waals surface area contributed by atoms with Crippen molar-refractivity contribution in [1.82, 2.24) is 25.1 Å². The van der Waals surface area contributed by atoms with E-state index in [1.807, 2.05) is 86.9 Å². The highest BCUT2D eigenvalue weighted by Gasteiger charge is 2.57. The van der Waals surface area contributed by atoms with Crippen molar-refractivity contribution in [2.75, 3.05) is 20.2 Å². The van der Waals surface area contributed by atoms with E-state index in [-0.39, 0.29) is 49.2 Å². The zero-order valence-corrected chi connectivity index (χ0v) is 44.4. The monoisotopic (exact) mass is 1000 g/mol. The van der Waals surface area contributed by atoms with Crippen LogP contribution in [0.15, 0.2) is 107 Å². The summed E-state index contributed by atoms with van der Waals surface area (Å²) in [6.07, 6.45) is -5.44. The molecule has 4 unspecified atom stereocenters. The summed E-state index contributed by atoms with van der Waals surface area (Å²) in [5.74, 6) is -1.23. The van der Waals surface area contributed by atoms with Crippen LogP contribution >= 0.6 is 0 Å². The average molecular weight is 1000 g/mol. The maximum atomic E-state index is 14.5. The maximum Gasteiger partial charge on any atom is 0.408 e. The molecule has 1 saturated heterocycles. The van der Waals surface area contributed by atoms with Crippen LogP contribution in [0.25, 0.3) is 0 Å². The number of carboxylic acids is 1. The summed E-state index contributed by atoms with van der Waals surface area (Å²) in [7, 11) is -3.97. The summed E-state index contributed by atoms with van der Waals surface area (Å²) < 4.78 is 34.0. The number of benzene rings is 3. The van der Waals surface area contributed by atoms with Gasteiger partial charge in [0.2, 0.25) is 5.91 Å². The maximum absolute atomic E-state index is 14.5. The van der Waals surface area contributed by atoms with Gasteiger partial charge in [0, 0.05) is 25.2 Å². The number of amides is 2. The Hall–Kier alpha value is -5.42. The number of aliphatic carboxylic acids is 1. The third-order valence-corrected chi connectivity index (χ3v) is 22.6. The standard InChI is InChI=1S/C51H73N5O12Si2/c1-50(2,3)69(8,9)67-43-42(66-46(44(43)68-70(10,11)51(4,5)6)55-30-27-39(57)56(49(55)63)32-35-23-25-37(64-7)26-24-35)41(58)40(47(60)61)52-28-18-29-53-45(59)38(31-34-19-14-12-15-20-34)54-48(62)65-33-36-21-16-13-17-22-36/h12-17,19-27,30,38,40-44,46,52,58H,18,28-29,31-33H2,1-11H3,(H,53,59)(H,54,62)(H,60,61)/t38-,40-,41?,42?,43?,44?,46+/m0/s1. The number of aliphatic hydroxyl groups is 1. The van der Waals surface area contributed by atoms with Gasteiger partial charge in [0.05, 0.1) is 13.7 Å².